The summed E-state index contributed by atoms with van der Waals surface area (Å²) in [6.07, 6.45) is 2.44. The average Bonchev–Trinajstić information content (AvgIpc) is 1.85. The summed E-state index contributed by atoms with van der Waals surface area (Å²) in [5, 5.41) is 0. The summed E-state index contributed by atoms with van der Waals surface area (Å²) in [4.78, 5) is 0. The first-order chi connectivity index (χ1) is 5.22. The van der Waals surface area contributed by atoms with Crippen LogP contribution in [0.1, 0.15) is 24.5 Å². The number of rotatable bonds is 2. The maximum absolute atomic E-state index is 2.37. The number of hydrogen-bond acceptors (Lipinski definition) is 0. The van der Waals surface area contributed by atoms with Gasteiger partial charge in [0.2, 0.25) is 0 Å². The van der Waals surface area contributed by atoms with Crippen molar-refractivity contribution in [3.63, 3.8) is 0 Å². The molecule has 1 rings (SSSR count). The van der Waals surface area contributed by atoms with Crippen LogP contribution in [0.25, 0.3) is 0 Å². The van der Waals surface area contributed by atoms with Crippen molar-refractivity contribution in [2.45, 2.75) is 26.7 Å². The molecule has 0 amide bonds. The van der Waals surface area contributed by atoms with Crippen molar-refractivity contribution < 1.29 is 0 Å². The summed E-state index contributed by atoms with van der Waals surface area (Å²) in [6.45, 7) is 4.37. The highest BCUT2D eigenvalue weighted by molar-refractivity contribution is 14.1. The van der Waals surface area contributed by atoms with Crippen molar-refractivity contribution in [1.29, 1.82) is 0 Å². The SMILES string of the molecule is CCCc1cc(C)cc(I)c1. The molecule has 0 saturated heterocycles. The summed E-state index contributed by atoms with van der Waals surface area (Å²) < 4.78 is 1.35. The molecule has 0 aromatic heterocycles. The van der Waals surface area contributed by atoms with Crippen LogP contribution in [0.15, 0.2) is 18.2 Å². The van der Waals surface area contributed by atoms with Gasteiger partial charge in [0, 0.05) is 3.57 Å². The van der Waals surface area contributed by atoms with E-state index >= 15 is 0 Å². The lowest BCUT2D eigenvalue weighted by atomic mass is 10.1. The van der Waals surface area contributed by atoms with Gasteiger partial charge in [0.1, 0.15) is 0 Å². The number of aryl methyl sites for hydroxylation is 2. The zero-order valence-electron chi connectivity index (χ0n) is 7.02. The van der Waals surface area contributed by atoms with Crippen LogP contribution in [-0.4, -0.2) is 0 Å². The predicted octanol–water partition coefficient (Wildman–Crippen LogP) is 3.55. The van der Waals surface area contributed by atoms with E-state index < -0.39 is 0 Å². The zero-order chi connectivity index (χ0) is 8.27. The Kier molecular flexibility index (Phi) is 3.37. The Labute approximate surface area is 82.2 Å². The molecule has 0 aliphatic carbocycles. The Morgan fingerprint density at radius 1 is 1.27 bits per heavy atom. The van der Waals surface area contributed by atoms with E-state index in [9.17, 15) is 0 Å². The maximum atomic E-state index is 2.37. The molecule has 0 aliphatic rings. The molecule has 1 heteroatoms. The minimum atomic E-state index is 1.21. The van der Waals surface area contributed by atoms with Crippen LogP contribution >= 0.6 is 22.6 Å². The summed E-state index contributed by atoms with van der Waals surface area (Å²) in [5.41, 5.74) is 2.84. The fraction of sp³-hybridized carbons (Fsp3) is 0.400. The lowest BCUT2D eigenvalue weighted by molar-refractivity contribution is 0.919. The molecule has 11 heavy (non-hydrogen) atoms. The highest BCUT2D eigenvalue weighted by Gasteiger charge is 1.94. The fourth-order valence-electron chi connectivity index (χ4n) is 1.25. The lowest BCUT2D eigenvalue weighted by Crippen LogP contribution is -1.85. The maximum Gasteiger partial charge on any atom is 0.0135 e. The van der Waals surface area contributed by atoms with Gasteiger partial charge in [-0.15, -0.1) is 0 Å². The van der Waals surface area contributed by atoms with Crippen molar-refractivity contribution in [3.05, 3.63) is 32.9 Å². The van der Waals surface area contributed by atoms with E-state index in [1.54, 1.807) is 0 Å². The largest absolute Gasteiger partial charge is 0.0651 e. The van der Waals surface area contributed by atoms with E-state index in [1.807, 2.05) is 0 Å². The van der Waals surface area contributed by atoms with E-state index in [0.717, 1.165) is 0 Å². The molecule has 1 aromatic carbocycles. The molecule has 1 aromatic rings. The van der Waals surface area contributed by atoms with E-state index in [-0.39, 0.29) is 0 Å². The van der Waals surface area contributed by atoms with Crippen molar-refractivity contribution in [2.24, 2.45) is 0 Å². The first-order valence-electron chi connectivity index (χ1n) is 3.98. The van der Waals surface area contributed by atoms with Crippen LogP contribution in [0.5, 0.6) is 0 Å². The Hall–Kier alpha value is -0.0500. The van der Waals surface area contributed by atoms with Crippen molar-refractivity contribution in [1.82, 2.24) is 0 Å². The topological polar surface area (TPSA) is 0 Å². The molecule has 0 unspecified atom stereocenters. The summed E-state index contributed by atoms with van der Waals surface area (Å²) in [7, 11) is 0. The fourth-order valence-corrected chi connectivity index (χ4v) is 2.14. The van der Waals surface area contributed by atoms with Gasteiger partial charge in [-0.25, -0.2) is 0 Å². The first kappa shape index (κ1) is 9.04. The number of hydrogen-bond donors (Lipinski definition) is 0. The van der Waals surface area contributed by atoms with Crippen LogP contribution in [-0.2, 0) is 6.42 Å². The molecule has 0 fully saturated rings. The summed E-state index contributed by atoms with van der Waals surface area (Å²) in [5.74, 6) is 0. The number of benzene rings is 1. The third-order valence-electron chi connectivity index (χ3n) is 1.64. The summed E-state index contributed by atoms with van der Waals surface area (Å²) in [6, 6.07) is 6.74. The van der Waals surface area contributed by atoms with Gasteiger partial charge < -0.3 is 0 Å². The van der Waals surface area contributed by atoms with E-state index in [0.29, 0.717) is 0 Å². The zero-order valence-corrected chi connectivity index (χ0v) is 9.18. The Morgan fingerprint density at radius 2 is 2.00 bits per heavy atom. The van der Waals surface area contributed by atoms with Crippen LogP contribution in [0, 0.1) is 10.5 Å². The number of halogens is 1. The van der Waals surface area contributed by atoms with Crippen molar-refractivity contribution in [2.75, 3.05) is 0 Å². The molecule has 0 spiro atoms. The first-order valence-corrected chi connectivity index (χ1v) is 5.06. The molecule has 0 aliphatic heterocycles. The molecular weight excluding hydrogens is 247 g/mol. The minimum absolute atomic E-state index is 1.21. The quantitative estimate of drug-likeness (QED) is 0.713. The van der Waals surface area contributed by atoms with Gasteiger partial charge in [-0.1, -0.05) is 19.4 Å². The Balaban J connectivity index is 2.89. The smallest absolute Gasteiger partial charge is 0.0135 e. The Morgan fingerprint density at radius 3 is 2.55 bits per heavy atom. The molecule has 0 radical (unpaired) electrons. The molecule has 0 saturated carbocycles. The third-order valence-corrected chi connectivity index (χ3v) is 2.26. The van der Waals surface area contributed by atoms with Gasteiger partial charge in [0.25, 0.3) is 0 Å². The molecule has 0 atom stereocenters. The van der Waals surface area contributed by atoms with Gasteiger partial charge in [0.15, 0.2) is 0 Å². The normalized spacial score (nSPS) is 10.1. The van der Waals surface area contributed by atoms with Gasteiger partial charge in [-0.05, 0) is 59.2 Å². The van der Waals surface area contributed by atoms with E-state index in [4.69, 9.17) is 0 Å². The molecule has 0 N–H and O–H groups in total. The molecule has 0 bridgehead atoms. The van der Waals surface area contributed by atoms with Crippen LogP contribution < -0.4 is 0 Å². The standard InChI is InChI=1S/C10H13I/c1-3-4-9-5-8(2)6-10(11)7-9/h5-7H,3-4H2,1-2H3. The highest BCUT2D eigenvalue weighted by Crippen LogP contribution is 2.12. The van der Waals surface area contributed by atoms with Crippen molar-refractivity contribution >= 4 is 22.6 Å². The molecule has 0 nitrogen and oxygen atoms in total. The minimum Gasteiger partial charge on any atom is -0.0651 e. The molecule has 0 heterocycles. The lowest BCUT2D eigenvalue weighted by Gasteiger charge is -2.01. The Bertz CT molecular complexity index is 220. The van der Waals surface area contributed by atoms with Crippen LogP contribution in [0.3, 0.4) is 0 Å². The third kappa shape index (κ3) is 2.81. The summed E-state index contributed by atoms with van der Waals surface area (Å²) >= 11 is 2.37. The monoisotopic (exact) mass is 260 g/mol. The van der Waals surface area contributed by atoms with E-state index in [1.165, 1.54) is 27.5 Å². The highest BCUT2D eigenvalue weighted by atomic mass is 127. The van der Waals surface area contributed by atoms with E-state index in [2.05, 4.69) is 54.6 Å². The van der Waals surface area contributed by atoms with Gasteiger partial charge in [-0.3, -0.25) is 0 Å². The van der Waals surface area contributed by atoms with Crippen LogP contribution in [0.2, 0.25) is 0 Å². The second-order valence-corrected chi connectivity index (χ2v) is 4.13. The van der Waals surface area contributed by atoms with Gasteiger partial charge in [-0.2, -0.15) is 0 Å². The second-order valence-electron chi connectivity index (χ2n) is 2.89. The van der Waals surface area contributed by atoms with Crippen molar-refractivity contribution in [3.8, 4) is 0 Å². The van der Waals surface area contributed by atoms with Gasteiger partial charge >= 0.3 is 0 Å². The van der Waals surface area contributed by atoms with Crippen LogP contribution in [0.4, 0.5) is 0 Å². The second kappa shape index (κ2) is 4.10. The average molecular weight is 260 g/mol. The predicted molar refractivity (Wildman–Crippen MR) is 57.9 cm³/mol. The molecular formula is C10H13I. The van der Waals surface area contributed by atoms with Gasteiger partial charge in [0.05, 0.1) is 0 Å². The molecule has 60 valence electrons.